The van der Waals surface area contributed by atoms with Gasteiger partial charge in [-0.1, -0.05) is 12.1 Å². The molecule has 0 atom stereocenters. The van der Waals surface area contributed by atoms with Gasteiger partial charge in [0.05, 0.1) is 19.1 Å². The summed E-state index contributed by atoms with van der Waals surface area (Å²) in [7, 11) is -2.03. The molecule has 0 unspecified atom stereocenters. The van der Waals surface area contributed by atoms with Crippen LogP contribution in [-0.2, 0) is 26.0 Å². The van der Waals surface area contributed by atoms with Gasteiger partial charge in [-0.15, -0.1) is 0 Å². The number of ether oxygens (including phenoxy) is 2. The molecule has 0 saturated carbocycles. The minimum atomic E-state index is -3.63. The lowest BCUT2D eigenvalue weighted by Crippen LogP contribution is -2.48. The number of hydrogen-bond acceptors (Lipinski definition) is 6. The second kappa shape index (κ2) is 8.92. The zero-order valence-electron chi connectivity index (χ0n) is 16.7. The molecule has 7 nitrogen and oxygen atoms in total. The molecule has 0 spiro atoms. The fraction of sp³-hybridized carbons (Fsp3) is 0.429. The highest BCUT2D eigenvalue weighted by Crippen LogP contribution is 2.38. The van der Waals surface area contributed by atoms with Crippen LogP contribution in [0, 0.1) is 5.41 Å². The number of benzene rings is 1. The third-order valence-corrected chi connectivity index (χ3v) is 7.24. The number of carbonyl (C=O) groups excluding carboxylic acids is 1. The number of carbonyl (C=O) groups is 1. The summed E-state index contributed by atoms with van der Waals surface area (Å²) in [4.78, 5) is 16.9. The zero-order valence-corrected chi connectivity index (χ0v) is 17.5. The Kier molecular flexibility index (Phi) is 6.54. The third-order valence-electron chi connectivity index (χ3n) is 5.36. The summed E-state index contributed by atoms with van der Waals surface area (Å²) >= 11 is 0. The highest BCUT2D eigenvalue weighted by Gasteiger charge is 2.45. The summed E-state index contributed by atoms with van der Waals surface area (Å²) in [6, 6.07) is 10.7. The van der Waals surface area contributed by atoms with Crippen molar-refractivity contribution in [2.24, 2.45) is 5.41 Å². The number of aromatic nitrogens is 1. The van der Waals surface area contributed by atoms with Gasteiger partial charge in [0.2, 0.25) is 10.0 Å². The quantitative estimate of drug-likeness (QED) is 0.643. The van der Waals surface area contributed by atoms with Gasteiger partial charge in [-0.3, -0.25) is 9.78 Å². The van der Waals surface area contributed by atoms with Crippen LogP contribution in [0.1, 0.15) is 25.3 Å². The van der Waals surface area contributed by atoms with Crippen molar-refractivity contribution in [1.29, 1.82) is 0 Å². The van der Waals surface area contributed by atoms with E-state index in [1.165, 1.54) is 22.8 Å². The van der Waals surface area contributed by atoms with Crippen molar-refractivity contribution >= 4 is 16.0 Å². The summed E-state index contributed by atoms with van der Waals surface area (Å²) in [5.74, 6) is 0.477. The van der Waals surface area contributed by atoms with Crippen LogP contribution in [-0.4, -0.2) is 50.5 Å². The predicted octanol–water partition coefficient (Wildman–Crippen LogP) is 2.67. The van der Waals surface area contributed by atoms with Gasteiger partial charge < -0.3 is 9.47 Å². The molecule has 2 aromatic rings. The smallest absolute Gasteiger partial charge is 0.312 e. The number of rotatable bonds is 7. The van der Waals surface area contributed by atoms with Crippen LogP contribution < -0.4 is 4.74 Å². The molecular formula is C21H26N2O5S. The molecule has 0 bridgehead atoms. The minimum absolute atomic E-state index is 0.166. The topological polar surface area (TPSA) is 85.8 Å². The van der Waals surface area contributed by atoms with E-state index in [-0.39, 0.29) is 24.0 Å². The van der Waals surface area contributed by atoms with Crippen molar-refractivity contribution in [2.75, 3.05) is 26.8 Å². The van der Waals surface area contributed by atoms with E-state index in [0.717, 1.165) is 11.3 Å². The summed E-state index contributed by atoms with van der Waals surface area (Å²) in [5.41, 5.74) is 0.244. The predicted molar refractivity (Wildman–Crippen MR) is 108 cm³/mol. The standard InChI is InChI=1S/C21H26N2O5S/c1-3-28-20(24)21(15-17-6-8-18(27-2)9-7-17)10-13-23(14-11-21)29(25,26)19-5-4-12-22-16-19/h4-9,12,16H,3,10-11,13-15H2,1-2H3. The van der Waals surface area contributed by atoms with Gasteiger partial charge >= 0.3 is 5.97 Å². The molecule has 156 valence electrons. The Labute approximate surface area is 171 Å². The zero-order chi connectivity index (χ0) is 20.9. The van der Waals surface area contributed by atoms with Crippen molar-refractivity contribution in [3.05, 3.63) is 54.4 Å². The Bertz CT molecular complexity index is 921. The van der Waals surface area contributed by atoms with E-state index < -0.39 is 15.4 Å². The van der Waals surface area contributed by atoms with Crippen molar-refractivity contribution < 1.29 is 22.7 Å². The van der Waals surface area contributed by atoms with Gasteiger partial charge in [0.15, 0.2) is 0 Å². The molecule has 1 aromatic carbocycles. The van der Waals surface area contributed by atoms with Crippen LogP contribution in [0.5, 0.6) is 5.75 Å². The third kappa shape index (κ3) is 4.59. The Morgan fingerprint density at radius 2 is 1.86 bits per heavy atom. The van der Waals surface area contributed by atoms with Gasteiger partial charge in [0.25, 0.3) is 0 Å². The molecule has 1 fully saturated rings. The largest absolute Gasteiger partial charge is 0.497 e. The molecule has 2 heterocycles. The number of hydrogen-bond donors (Lipinski definition) is 0. The molecule has 0 radical (unpaired) electrons. The number of methoxy groups -OCH3 is 1. The summed E-state index contributed by atoms with van der Waals surface area (Å²) in [6.45, 7) is 2.58. The fourth-order valence-electron chi connectivity index (χ4n) is 3.67. The Hall–Kier alpha value is -2.45. The number of pyridine rings is 1. The Morgan fingerprint density at radius 1 is 1.17 bits per heavy atom. The van der Waals surface area contributed by atoms with Crippen LogP contribution >= 0.6 is 0 Å². The Morgan fingerprint density at radius 3 is 2.41 bits per heavy atom. The summed E-state index contributed by atoms with van der Waals surface area (Å²) < 4.78 is 37.7. The van der Waals surface area contributed by atoms with E-state index in [1.807, 2.05) is 24.3 Å². The maximum absolute atomic E-state index is 12.9. The van der Waals surface area contributed by atoms with Gasteiger partial charge in [-0.05, 0) is 56.0 Å². The second-order valence-electron chi connectivity index (χ2n) is 7.12. The molecule has 0 N–H and O–H groups in total. The fourth-order valence-corrected chi connectivity index (χ4v) is 5.08. The van der Waals surface area contributed by atoms with Crippen molar-refractivity contribution in [3.8, 4) is 5.75 Å². The maximum Gasteiger partial charge on any atom is 0.312 e. The number of sulfonamides is 1. The molecule has 8 heteroatoms. The van der Waals surface area contributed by atoms with Crippen LogP contribution in [0.15, 0.2) is 53.7 Å². The first kappa shape index (κ1) is 21.3. The Balaban J connectivity index is 1.80. The highest BCUT2D eigenvalue weighted by molar-refractivity contribution is 7.89. The molecule has 29 heavy (non-hydrogen) atoms. The molecule has 1 aliphatic heterocycles. The summed E-state index contributed by atoms with van der Waals surface area (Å²) in [6.07, 6.45) is 4.18. The molecule has 3 rings (SSSR count). The van der Waals surface area contributed by atoms with Gasteiger partial charge in [0.1, 0.15) is 10.6 Å². The number of esters is 1. The SMILES string of the molecule is CCOC(=O)C1(Cc2ccc(OC)cc2)CCN(S(=O)(=O)c2cccnc2)CC1. The first-order valence-electron chi connectivity index (χ1n) is 9.61. The van der Waals surface area contributed by atoms with Gasteiger partial charge in [0, 0.05) is 25.5 Å². The molecule has 1 saturated heterocycles. The highest BCUT2D eigenvalue weighted by atomic mass is 32.2. The molecule has 1 aliphatic rings. The van der Waals surface area contributed by atoms with E-state index >= 15 is 0 Å². The van der Waals surface area contributed by atoms with E-state index in [9.17, 15) is 13.2 Å². The summed E-state index contributed by atoms with van der Waals surface area (Å²) in [5, 5.41) is 0. The monoisotopic (exact) mass is 418 g/mol. The molecule has 1 aromatic heterocycles. The van der Waals surface area contributed by atoms with Crippen LogP contribution in [0.2, 0.25) is 0 Å². The van der Waals surface area contributed by atoms with Crippen LogP contribution in [0.3, 0.4) is 0 Å². The average Bonchev–Trinajstić information content (AvgIpc) is 2.75. The lowest BCUT2D eigenvalue weighted by molar-refractivity contribution is -0.158. The second-order valence-corrected chi connectivity index (χ2v) is 9.06. The van der Waals surface area contributed by atoms with E-state index in [2.05, 4.69) is 4.98 Å². The molecule has 0 amide bonds. The molecule has 0 aliphatic carbocycles. The normalized spacial score (nSPS) is 16.9. The van der Waals surface area contributed by atoms with E-state index in [4.69, 9.17) is 9.47 Å². The van der Waals surface area contributed by atoms with Gasteiger partial charge in [-0.2, -0.15) is 4.31 Å². The minimum Gasteiger partial charge on any atom is -0.497 e. The van der Waals surface area contributed by atoms with Crippen molar-refractivity contribution in [2.45, 2.75) is 31.1 Å². The van der Waals surface area contributed by atoms with Crippen LogP contribution in [0.25, 0.3) is 0 Å². The van der Waals surface area contributed by atoms with Crippen molar-refractivity contribution in [3.63, 3.8) is 0 Å². The lowest BCUT2D eigenvalue weighted by Gasteiger charge is -2.39. The van der Waals surface area contributed by atoms with Gasteiger partial charge in [-0.25, -0.2) is 8.42 Å². The van der Waals surface area contributed by atoms with Crippen molar-refractivity contribution in [1.82, 2.24) is 9.29 Å². The number of nitrogens with zero attached hydrogens (tertiary/aromatic N) is 2. The van der Waals surface area contributed by atoms with E-state index in [1.54, 1.807) is 20.1 Å². The molecular weight excluding hydrogens is 392 g/mol. The maximum atomic E-state index is 12.9. The first-order valence-corrected chi connectivity index (χ1v) is 11.1. The first-order chi connectivity index (χ1) is 13.9. The van der Waals surface area contributed by atoms with Crippen LogP contribution in [0.4, 0.5) is 0 Å². The number of piperidine rings is 1. The average molecular weight is 419 g/mol. The lowest BCUT2D eigenvalue weighted by atomic mass is 9.74. The van der Waals surface area contributed by atoms with E-state index in [0.29, 0.717) is 25.9 Å².